The minimum Gasteiger partial charge on any atom is -0.496 e. The van der Waals surface area contributed by atoms with Crippen LogP contribution in [0.5, 0.6) is 11.5 Å². The van der Waals surface area contributed by atoms with Crippen molar-refractivity contribution in [2.75, 3.05) is 45.4 Å². The Balaban J connectivity index is 1.79. The zero-order chi connectivity index (χ0) is 19.0. The van der Waals surface area contributed by atoms with Crippen LogP contribution in [0.15, 0.2) is 30.6 Å². The summed E-state index contributed by atoms with van der Waals surface area (Å²) in [7, 11) is 3.21. The zero-order valence-corrected chi connectivity index (χ0v) is 18.0. The van der Waals surface area contributed by atoms with Gasteiger partial charge in [0.25, 0.3) is 0 Å². The topological polar surface area (TPSA) is 48.2 Å². The average Bonchev–Trinajstić information content (AvgIpc) is 3.10. The number of benzene rings is 1. The van der Waals surface area contributed by atoms with Crippen LogP contribution in [0.2, 0.25) is 5.02 Å². The Bertz CT molecular complexity index is 986. The van der Waals surface area contributed by atoms with Crippen molar-refractivity contribution in [2.24, 2.45) is 0 Å². The molecular weight excluding hydrogens is 481 g/mol. The number of hydrogen-bond acceptors (Lipinski definition) is 5. The van der Waals surface area contributed by atoms with Gasteiger partial charge in [-0.15, -0.1) is 0 Å². The Kier molecular flexibility index (Phi) is 5.34. The highest BCUT2D eigenvalue weighted by molar-refractivity contribution is 14.1. The van der Waals surface area contributed by atoms with Crippen molar-refractivity contribution < 1.29 is 14.2 Å². The molecule has 0 N–H and O–H groups in total. The summed E-state index contributed by atoms with van der Waals surface area (Å²) in [5, 5.41) is 0.522. The van der Waals surface area contributed by atoms with Gasteiger partial charge in [0.15, 0.2) is 0 Å². The molecule has 0 atom stereocenters. The number of nitrogens with zero attached hydrogens (tertiary/aromatic N) is 3. The number of rotatable bonds is 4. The van der Waals surface area contributed by atoms with Crippen LogP contribution in [0.3, 0.4) is 0 Å². The number of fused-ring (bicyclic) bond motifs is 1. The monoisotopic (exact) mass is 499 g/mol. The first-order valence-corrected chi connectivity index (χ1v) is 9.99. The maximum absolute atomic E-state index is 6.32. The smallest absolute Gasteiger partial charge is 0.141 e. The molecule has 0 unspecified atom stereocenters. The summed E-state index contributed by atoms with van der Waals surface area (Å²) in [5.41, 5.74) is 3.69. The van der Waals surface area contributed by atoms with E-state index in [4.69, 9.17) is 30.8 Å². The lowest BCUT2D eigenvalue weighted by molar-refractivity contribution is 0.122. The molecule has 0 radical (unpaired) electrons. The Morgan fingerprint density at radius 3 is 2.52 bits per heavy atom. The van der Waals surface area contributed by atoms with Gasteiger partial charge in [0.2, 0.25) is 0 Å². The van der Waals surface area contributed by atoms with Gasteiger partial charge < -0.3 is 23.5 Å². The molecule has 0 aliphatic carbocycles. The molecule has 1 saturated heterocycles. The van der Waals surface area contributed by atoms with E-state index in [1.54, 1.807) is 20.3 Å². The van der Waals surface area contributed by atoms with Crippen LogP contribution < -0.4 is 14.4 Å². The van der Waals surface area contributed by atoms with Crippen LogP contribution in [-0.4, -0.2) is 49.9 Å². The highest BCUT2D eigenvalue weighted by Crippen LogP contribution is 2.38. The number of methoxy groups -OCH3 is 2. The van der Waals surface area contributed by atoms with E-state index < -0.39 is 0 Å². The Morgan fingerprint density at radius 2 is 1.81 bits per heavy atom. The summed E-state index contributed by atoms with van der Waals surface area (Å²) in [6.45, 7) is 3.29. The summed E-state index contributed by atoms with van der Waals surface area (Å²) < 4.78 is 19.5. The fraction of sp³-hybridized carbons (Fsp3) is 0.316. The molecule has 8 heteroatoms. The molecule has 27 heavy (non-hydrogen) atoms. The van der Waals surface area contributed by atoms with E-state index in [0.717, 1.165) is 43.2 Å². The first-order valence-electron chi connectivity index (χ1n) is 8.53. The van der Waals surface area contributed by atoms with Gasteiger partial charge in [-0.2, -0.15) is 0 Å². The zero-order valence-electron chi connectivity index (χ0n) is 15.0. The van der Waals surface area contributed by atoms with Gasteiger partial charge in [-0.05, 0) is 28.7 Å². The SMILES string of the molecule is COc1cc(OC)c(-c2cn3cc(I)c(N4CCOCC4)cc3n2)cc1Cl. The lowest BCUT2D eigenvalue weighted by Crippen LogP contribution is -2.36. The predicted octanol–water partition coefficient (Wildman–Crippen LogP) is 4.11. The molecule has 0 saturated carbocycles. The highest BCUT2D eigenvalue weighted by atomic mass is 127. The van der Waals surface area contributed by atoms with Crippen LogP contribution in [0.4, 0.5) is 5.69 Å². The van der Waals surface area contributed by atoms with E-state index in [1.807, 2.05) is 16.7 Å². The maximum Gasteiger partial charge on any atom is 0.141 e. The van der Waals surface area contributed by atoms with Gasteiger partial charge in [-0.25, -0.2) is 4.98 Å². The second kappa shape index (κ2) is 7.73. The highest BCUT2D eigenvalue weighted by Gasteiger charge is 2.18. The summed E-state index contributed by atoms with van der Waals surface area (Å²) in [4.78, 5) is 7.14. The number of ether oxygens (including phenoxy) is 3. The van der Waals surface area contributed by atoms with E-state index in [-0.39, 0.29) is 0 Å². The van der Waals surface area contributed by atoms with Gasteiger partial charge in [0, 0.05) is 43.2 Å². The normalized spacial score (nSPS) is 14.6. The molecule has 1 aliphatic heterocycles. The van der Waals surface area contributed by atoms with E-state index in [1.165, 1.54) is 9.26 Å². The van der Waals surface area contributed by atoms with Crippen LogP contribution in [0, 0.1) is 3.57 Å². The third-order valence-electron chi connectivity index (χ3n) is 4.63. The molecular formula is C19H19ClIN3O3. The second-order valence-corrected chi connectivity index (χ2v) is 7.75. The third kappa shape index (κ3) is 3.55. The molecule has 1 aliphatic rings. The minimum atomic E-state index is 0.522. The van der Waals surface area contributed by atoms with Crippen molar-refractivity contribution in [2.45, 2.75) is 0 Å². The number of imidazole rings is 1. The summed E-state index contributed by atoms with van der Waals surface area (Å²) >= 11 is 8.69. The van der Waals surface area contributed by atoms with Gasteiger partial charge in [0.05, 0.1) is 47.4 Å². The molecule has 1 aromatic carbocycles. The molecule has 2 aromatic heterocycles. The standard InChI is InChI=1S/C19H19ClIN3O3/c1-25-17-9-18(26-2)13(20)7-12(17)15-11-24-10-14(21)16(8-19(24)22-15)23-3-5-27-6-4-23/h7-11H,3-6H2,1-2H3. The maximum atomic E-state index is 6.32. The van der Waals surface area contributed by atoms with E-state index in [9.17, 15) is 0 Å². The Morgan fingerprint density at radius 1 is 1.07 bits per heavy atom. The van der Waals surface area contributed by atoms with Crippen molar-refractivity contribution in [1.29, 1.82) is 0 Å². The third-order valence-corrected chi connectivity index (χ3v) is 5.75. The van der Waals surface area contributed by atoms with E-state index in [2.05, 4.69) is 39.8 Å². The summed E-state index contributed by atoms with van der Waals surface area (Å²) in [6.07, 6.45) is 4.08. The van der Waals surface area contributed by atoms with Crippen LogP contribution in [0.1, 0.15) is 0 Å². The second-order valence-electron chi connectivity index (χ2n) is 6.18. The average molecular weight is 500 g/mol. The summed E-state index contributed by atoms with van der Waals surface area (Å²) in [6, 6.07) is 5.73. The largest absolute Gasteiger partial charge is 0.496 e. The van der Waals surface area contributed by atoms with Crippen LogP contribution in [-0.2, 0) is 4.74 Å². The Hall–Kier alpha value is -1.71. The van der Waals surface area contributed by atoms with E-state index >= 15 is 0 Å². The minimum absolute atomic E-state index is 0.522. The number of morpholine rings is 1. The molecule has 3 heterocycles. The van der Waals surface area contributed by atoms with Crippen molar-refractivity contribution >= 4 is 45.5 Å². The Labute approximate surface area is 176 Å². The van der Waals surface area contributed by atoms with Crippen molar-refractivity contribution in [3.8, 4) is 22.8 Å². The molecule has 0 bridgehead atoms. The van der Waals surface area contributed by atoms with E-state index in [0.29, 0.717) is 16.5 Å². The first-order chi connectivity index (χ1) is 13.1. The molecule has 4 rings (SSSR count). The molecule has 3 aromatic rings. The number of hydrogen-bond donors (Lipinski definition) is 0. The molecule has 0 spiro atoms. The van der Waals surface area contributed by atoms with Gasteiger partial charge in [-0.1, -0.05) is 11.6 Å². The fourth-order valence-corrected chi connectivity index (χ4v) is 4.27. The lowest BCUT2D eigenvalue weighted by atomic mass is 10.1. The van der Waals surface area contributed by atoms with Crippen LogP contribution >= 0.6 is 34.2 Å². The first kappa shape index (κ1) is 18.6. The number of halogens is 2. The van der Waals surface area contributed by atoms with Crippen LogP contribution in [0.25, 0.3) is 16.9 Å². The lowest BCUT2D eigenvalue weighted by Gasteiger charge is -2.29. The molecule has 0 amide bonds. The van der Waals surface area contributed by atoms with Gasteiger partial charge >= 0.3 is 0 Å². The molecule has 1 fully saturated rings. The quantitative estimate of drug-likeness (QED) is 0.506. The van der Waals surface area contributed by atoms with Gasteiger partial charge in [0.1, 0.15) is 17.1 Å². The number of anilines is 1. The van der Waals surface area contributed by atoms with Crippen molar-refractivity contribution in [3.05, 3.63) is 39.2 Å². The van der Waals surface area contributed by atoms with Gasteiger partial charge in [-0.3, -0.25) is 0 Å². The number of pyridine rings is 1. The number of aromatic nitrogens is 2. The molecule has 6 nitrogen and oxygen atoms in total. The summed E-state index contributed by atoms with van der Waals surface area (Å²) in [5.74, 6) is 1.24. The fourth-order valence-electron chi connectivity index (χ4n) is 3.23. The molecule has 142 valence electrons. The van der Waals surface area contributed by atoms with Crippen molar-refractivity contribution in [3.63, 3.8) is 0 Å². The predicted molar refractivity (Wildman–Crippen MR) is 114 cm³/mol. The van der Waals surface area contributed by atoms with Crippen molar-refractivity contribution in [1.82, 2.24) is 9.38 Å².